The predicted molar refractivity (Wildman–Crippen MR) is 92.9 cm³/mol. The number of thiophene rings is 1. The largest absolute Gasteiger partial charge is 0.328 e. The average molecular weight is 364 g/mol. The fraction of sp³-hybridized carbons (Fsp3) is 0.312. The third-order valence-electron chi connectivity index (χ3n) is 3.72. The Morgan fingerprint density at radius 1 is 1.38 bits per heavy atom. The van der Waals surface area contributed by atoms with Crippen LogP contribution in [0.25, 0.3) is 11.0 Å². The van der Waals surface area contributed by atoms with E-state index < -0.39 is 0 Å². The summed E-state index contributed by atoms with van der Waals surface area (Å²) in [5.41, 5.74) is 2.30. The first kappa shape index (κ1) is 14.8. The Morgan fingerprint density at radius 2 is 2.19 bits per heavy atom. The zero-order valence-electron chi connectivity index (χ0n) is 12.1. The van der Waals surface area contributed by atoms with Gasteiger partial charge in [0.15, 0.2) is 0 Å². The van der Waals surface area contributed by atoms with Crippen LogP contribution in [0.2, 0.25) is 0 Å². The zero-order chi connectivity index (χ0) is 14.8. The molecule has 1 unspecified atom stereocenters. The van der Waals surface area contributed by atoms with Gasteiger partial charge in [-0.3, -0.25) is 0 Å². The molecule has 0 aliphatic carbocycles. The van der Waals surface area contributed by atoms with Crippen molar-refractivity contribution in [1.29, 1.82) is 0 Å². The molecule has 21 heavy (non-hydrogen) atoms. The number of likely N-dealkylation sites (N-methyl/N-ethyl adjacent to an activating group) is 1. The molecule has 2 aromatic heterocycles. The first-order valence-electron chi connectivity index (χ1n) is 7.08. The molecule has 3 aromatic rings. The normalized spacial score (nSPS) is 12.9. The van der Waals surface area contributed by atoms with Gasteiger partial charge in [0.05, 0.1) is 11.0 Å². The van der Waals surface area contributed by atoms with Crippen molar-refractivity contribution in [3.8, 4) is 0 Å². The average Bonchev–Trinajstić information content (AvgIpc) is 3.07. The Labute approximate surface area is 137 Å². The summed E-state index contributed by atoms with van der Waals surface area (Å²) in [5.74, 6) is 1.14. The molecule has 0 spiro atoms. The lowest BCUT2D eigenvalue weighted by molar-refractivity contribution is 0.564. The number of aromatic nitrogens is 2. The number of nitrogens with zero attached hydrogens (tertiary/aromatic N) is 2. The zero-order valence-corrected chi connectivity index (χ0v) is 14.5. The molecule has 0 saturated carbocycles. The highest BCUT2D eigenvalue weighted by Crippen LogP contribution is 2.28. The molecule has 5 heteroatoms. The van der Waals surface area contributed by atoms with Crippen LogP contribution in [0.1, 0.15) is 23.7 Å². The second-order valence-corrected chi connectivity index (χ2v) is 6.83. The summed E-state index contributed by atoms with van der Waals surface area (Å²) in [6.07, 6.45) is 0.895. The van der Waals surface area contributed by atoms with E-state index >= 15 is 0 Å². The monoisotopic (exact) mass is 363 g/mol. The molecule has 0 aliphatic rings. The minimum atomic E-state index is 0.295. The topological polar surface area (TPSA) is 29.9 Å². The van der Waals surface area contributed by atoms with E-state index in [1.807, 2.05) is 13.1 Å². The van der Waals surface area contributed by atoms with Gasteiger partial charge in [-0.25, -0.2) is 4.98 Å². The number of benzene rings is 1. The summed E-state index contributed by atoms with van der Waals surface area (Å²) >= 11 is 5.31. The molecule has 2 heterocycles. The Morgan fingerprint density at radius 3 is 2.86 bits per heavy atom. The second kappa shape index (κ2) is 6.30. The summed E-state index contributed by atoms with van der Waals surface area (Å²) in [7, 11) is 2.01. The van der Waals surface area contributed by atoms with Crippen molar-refractivity contribution < 1.29 is 0 Å². The smallest absolute Gasteiger partial charge is 0.111 e. The number of halogens is 1. The molecule has 0 saturated heterocycles. The molecule has 0 amide bonds. The SMILES string of the molecule is CCn1c(CC(NC)c2cc(Br)cs2)nc2ccccc21. The van der Waals surface area contributed by atoms with Crippen LogP contribution in [0.3, 0.4) is 0 Å². The van der Waals surface area contributed by atoms with Gasteiger partial charge in [0.2, 0.25) is 0 Å². The van der Waals surface area contributed by atoms with Crippen molar-refractivity contribution in [2.24, 2.45) is 0 Å². The van der Waals surface area contributed by atoms with Crippen molar-refractivity contribution in [1.82, 2.24) is 14.9 Å². The van der Waals surface area contributed by atoms with Crippen molar-refractivity contribution >= 4 is 38.3 Å². The molecule has 0 fully saturated rings. The van der Waals surface area contributed by atoms with Crippen LogP contribution in [0.5, 0.6) is 0 Å². The van der Waals surface area contributed by atoms with E-state index in [-0.39, 0.29) is 0 Å². The first-order valence-corrected chi connectivity index (χ1v) is 8.75. The quantitative estimate of drug-likeness (QED) is 0.728. The number of fused-ring (bicyclic) bond motifs is 1. The number of aryl methyl sites for hydroxylation is 1. The summed E-state index contributed by atoms with van der Waals surface area (Å²) in [5, 5.41) is 5.54. The predicted octanol–water partition coefficient (Wildman–Crippen LogP) is 4.38. The van der Waals surface area contributed by atoms with Gasteiger partial charge in [0.25, 0.3) is 0 Å². The molecule has 1 atom stereocenters. The fourth-order valence-electron chi connectivity index (χ4n) is 2.67. The van der Waals surface area contributed by atoms with Crippen LogP contribution in [-0.4, -0.2) is 16.6 Å². The van der Waals surface area contributed by atoms with Gasteiger partial charge >= 0.3 is 0 Å². The van der Waals surface area contributed by atoms with Gasteiger partial charge < -0.3 is 9.88 Å². The number of hydrogen-bond acceptors (Lipinski definition) is 3. The molecule has 1 aromatic carbocycles. The van der Waals surface area contributed by atoms with Gasteiger partial charge in [0, 0.05) is 33.7 Å². The van der Waals surface area contributed by atoms with E-state index in [1.54, 1.807) is 11.3 Å². The maximum Gasteiger partial charge on any atom is 0.111 e. The first-order chi connectivity index (χ1) is 10.2. The number of hydrogen-bond donors (Lipinski definition) is 1. The third-order valence-corrected chi connectivity index (χ3v) is 5.52. The summed E-state index contributed by atoms with van der Waals surface area (Å²) in [4.78, 5) is 6.15. The maximum atomic E-state index is 4.82. The summed E-state index contributed by atoms with van der Waals surface area (Å²) in [6, 6.07) is 10.8. The van der Waals surface area contributed by atoms with Crippen LogP contribution in [-0.2, 0) is 13.0 Å². The van der Waals surface area contributed by atoms with E-state index in [0.717, 1.165) is 28.8 Å². The highest BCUT2D eigenvalue weighted by Gasteiger charge is 2.17. The lowest BCUT2D eigenvalue weighted by Crippen LogP contribution is -2.19. The van der Waals surface area contributed by atoms with Crippen molar-refractivity contribution in [3.05, 3.63) is 50.9 Å². The molecule has 1 N–H and O–H groups in total. The summed E-state index contributed by atoms with van der Waals surface area (Å²) < 4.78 is 3.45. The van der Waals surface area contributed by atoms with E-state index in [9.17, 15) is 0 Å². The van der Waals surface area contributed by atoms with Crippen molar-refractivity contribution in [3.63, 3.8) is 0 Å². The van der Waals surface area contributed by atoms with Crippen molar-refractivity contribution in [2.75, 3.05) is 7.05 Å². The molecule has 0 aliphatic heterocycles. The molecule has 3 rings (SSSR count). The minimum absolute atomic E-state index is 0.295. The van der Waals surface area contributed by atoms with Crippen molar-refractivity contribution in [2.45, 2.75) is 25.9 Å². The Hall–Kier alpha value is -1.17. The van der Waals surface area contributed by atoms with E-state index in [1.165, 1.54) is 10.4 Å². The molecule has 110 valence electrons. The van der Waals surface area contributed by atoms with Crippen LogP contribution >= 0.6 is 27.3 Å². The van der Waals surface area contributed by atoms with Crippen LogP contribution in [0.15, 0.2) is 40.2 Å². The molecular formula is C16H18BrN3S. The second-order valence-electron chi connectivity index (χ2n) is 4.97. The number of imidazole rings is 1. The van der Waals surface area contributed by atoms with E-state index in [4.69, 9.17) is 4.98 Å². The highest BCUT2D eigenvalue weighted by molar-refractivity contribution is 9.10. The van der Waals surface area contributed by atoms with Gasteiger partial charge in [-0.15, -0.1) is 11.3 Å². The van der Waals surface area contributed by atoms with E-state index in [2.05, 4.69) is 62.4 Å². The van der Waals surface area contributed by atoms with Gasteiger partial charge in [-0.1, -0.05) is 12.1 Å². The molecule has 3 nitrogen and oxygen atoms in total. The molecule has 0 radical (unpaired) electrons. The standard InChI is InChI=1S/C16H18BrN3S/c1-3-20-14-7-5-4-6-12(14)19-16(20)9-13(18-2)15-8-11(17)10-21-15/h4-8,10,13,18H,3,9H2,1-2H3. The van der Waals surface area contributed by atoms with Crippen LogP contribution in [0.4, 0.5) is 0 Å². The molecule has 0 bridgehead atoms. The maximum absolute atomic E-state index is 4.82. The summed E-state index contributed by atoms with van der Waals surface area (Å²) in [6.45, 7) is 3.12. The lowest BCUT2D eigenvalue weighted by atomic mass is 10.1. The Balaban J connectivity index is 1.96. The van der Waals surface area contributed by atoms with E-state index in [0.29, 0.717) is 6.04 Å². The Kier molecular flexibility index (Phi) is 4.42. The van der Waals surface area contributed by atoms with Gasteiger partial charge in [-0.2, -0.15) is 0 Å². The fourth-order valence-corrected chi connectivity index (χ4v) is 4.23. The van der Waals surface area contributed by atoms with Crippen LogP contribution < -0.4 is 5.32 Å². The number of para-hydroxylation sites is 2. The van der Waals surface area contributed by atoms with Crippen LogP contribution in [0, 0.1) is 0 Å². The molecular weight excluding hydrogens is 346 g/mol. The minimum Gasteiger partial charge on any atom is -0.328 e. The highest BCUT2D eigenvalue weighted by atomic mass is 79.9. The van der Waals surface area contributed by atoms with Gasteiger partial charge in [-0.05, 0) is 48.1 Å². The number of rotatable bonds is 5. The number of nitrogens with one attached hydrogen (secondary N) is 1. The lowest BCUT2D eigenvalue weighted by Gasteiger charge is -2.15. The third kappa shape index (κ3) is 2.91. The Bertz CT molecular complexity index is 747. The van der Waals surface area contributed by atoms with Gasteiger partial charge in [0.1, 0.15) is 5.82 Å².